The van der Waals surface area contributed by atoms with Crippen LogP contribution >= 0.6 is 12.2 Å². The summed E-state index contributed by atoms with van der Waals surface area (Å²) in [5.74, 6) is 0. The minimum absolute atomic E-state index is 0.713. The summed E-state index contributed by atoms with van der Waals surface area (Å²) in [5.41, 5.74) is 2.23. The van der Waals surface area contributed by atoms with E-state index in [0.717, 1.165) is 11.4 Å². The van der Waals surface area contributed by atoms with E-state index in [-0.39, 0.29) is 0 Å². The number of H-pyrrole nitrogens is 1. The van der Waals surface area contributed by atoms with Gasteiger partial charge in [-0.25, -0.2) is 0 Å². The molecule has 0 saturated carbocycles. The number of aromatic nitrogens is 2. The zero-order chi connectivity index (χ0) is 7.72. The molecule has 0 radical (unpaired) electrons. The molecule has 0 amide bonds. The summed E-state index contributed by atoms with van der Waals surface area (Å²) in [6, 6.07) is 0. The van der Waals surface area contributed by atoms with Crippen LogP contribution in [0.3, 0.4) is 0 Å². The van der Waals surface area contributed by atoms with E-state index in [0.29, 0.717) is 4.77 Å². The largest absolute Gasteiger partial charge is 0.334 e. The normalized spacial score (nSPS) is 9.80. The lowest BCUT2D eigenvalue weighted by atomic mass is 10.4. The minimum atomic E-state index is 0.713. The predicted octanol–water partition coefficient (Wildman–Crippen LogP) is 2.26. The molecule has 0 aliphatic rings. The summed E-state index contributed by atoms with van der Waals surface area (Å²) in [7, 11) is 0. The van der Waals surface area contributed by atoms with E-state index < -0.39 is 0 Å². The second kappa shape index (κ2) is 2.42. The molecule has 0 bridgehead atoms. The molecule has 0 fully saturated rings. The van der Waals surface area contributed by atoms with Crippen molar-refractivity contribution in [1.29, 1.82) is 0 Å². The Labute approximate surface area is 65.2 Å². The highest BCUT2D eigenvalue weighted by Gasteiger charge is 1.98. The molecule has 0 aromatic carbocycles. The molecule has 2 nitrogen and oxygen atoms in total. The first-order valence-electron chi connectivity index (χ1n) is 3.07. The molecule has 10 heavy (non-hydrogen) atoms. The van der Waals surface area contributed by atoms with Crippen LogP contribution in [0.15, 0.2) is 6.58 Å². The third-order valence-electron chi connectivity index (χ3n) is 1.60. The van der Waals surface area contributed by atoms with Gasteiger partial charge in [-0.05, 0) is 26.1 Å². The first kappa shape index (κ1) is 7.28. The molecule has 54 valence electrons. The van der Waals surface area contributed by atoms with E-state index >= 15 is 0 Å². The number of hydrogen-bond acceptors (Lipinski definition) is 1. The Morgan fingerprint density at radius 2 is 2.20 bits per heavy atom. The highest BCUT2D eigenvalue weighted by atomic mass is 32.1. The zero-order valence-corrected chi connectivity index (χ0v) is 6.96. The summed E-state index contributed by atoms with van der Waals surface area (Å²) in [4.78, 5) is 3.03. The Morgan fingerprint density at radius 1 is 1.60 bits per heavy atom. The topological polar surface area (TPSA) is 20.7 Å². The van der Waals surface area contributed by atoms with Crippen molar-refractivity contribution in [3.63, 3.8) is 0 Å². The van der Waals surface area contributed by atoms with Crippen LogP contribution in [0.25, 0.3) is 6.20 Å². The van der Waals surface area contributed by atoms with Crippen LogP contribution < -0.4 is 0 Å². The fourth-order valence-corrected chi connectivity index (χ4v) is 1.23. The third-order valence-corrected chi connectivity index (χ3v) is 1.90. The van der Waals surface area contributed by atoms with Gasteiger partial charge in [-0.1, -0.05) is 6.58 Å². The van der Waals surface area contributed by atoms with E-state index in [1.54, 1.807) is 6.20 Å². The summed E-state index contributed by atoms with van der Waals surface area (Å²) in [6.45, 7) is 7.64. The lowest BCUT2D eigenvalue weighted by Crippen LogP contribution is -1.87. The van der Waals surface area contributed by atoms with E-state index in [4.69, 9.17) is 12.2 Å². The van der Waals surface area contributed by atoms with Crippen molar-refractivity contribution >= 4 is 18.4 Å². The molecular formula is C7H10N2S. The van der Waals surface area contributed by atoms with Gasteiger partial charge in [-0.15, -0.1) is 0 Å². The second-order valence-electron chi connectivity index (χ2n) is 2.19. The Morgan fingerprint density at radius 3 is 2.40 bits per heavy atom. The summed E-state index contributed by atoms with van der Waals surface area (Å²) < 4.78 is 2.56. The molecular weight excluding hydrogens is 144 g/mol. The Hall–Kier alpha value is -0.830. The molecule has 1 heterocycles. The fraction of sp³-hybridized carbons (Fsp3) is 0.286. The van der Waals surface area contributed by atoms with Crippen LogP contribution in [0.4, 0.5) is 0 Å². The summed E-state index contributed by atoms with van der Waals surface area (Å²) in [5, 5.41) is 0. The van der Waals surface area contributed by atoms with Gasteiger partial charge in [0.25, 0.3) is 0 Å². The molecule has 0 saturated heterocycles. The maximum atomic E-state index is 5.00. The SMILES string of the molecule is C=Cn1c(C)c(C)[nH]c1=S. The van der Waals surface area contributed by atoms with E-state index in [1.807, 2.05) is 18.4 Å². The molecule has 0 unspecified atom stereocenters. The van der Waals surface area contributed by atoms with Gasteiger partial charge in [0.05, 0.1) is 0 Å². The predicted molar refractivity (Wildman–Crippen MR) is 45.5 cm³/mol. The molecule has 1 N–H and O–H groups in total. The van der Waals surface area contributed by atoms with Gasteiger partial charge < -0.3 is 4.98 Å². The Kier molecular flexibility index (Phi) is 1.76. The van der Waals surface area contributed by atoms with Crippen molar-refractivity contribution in [3.8, 4) is 0 Å². The third kappa shape index (κ3) is 0.926. The van der Waals surface area contributed by atoms with Gasteiger partial charge in [0.2, 0.25) is 0 Å². The smallest absolute Gasteiger partial charge is 0.181 e. The molecule has 1 aromatic heterocycles. The van der Waals surface area contributed by atoms with Crippen molar-refractivity contribution in [3.05, 3.63) is 22.7 Å². The van der Waals surface area contributed by atoms with Crippen molar-refractivity contribution in [2.45, 2.75) is 13.8 Å². The molecule has 0 aliphatic carbocycles. The number of imidazole rings is 1. The molecule has 0 aliphatic heterocycles. The summed E-state index contributed by atoms with van der Waals surface area (Å²) >= 11 is 5.00. The molecule has 0 spiro atoms. The van der Waals surface area contributed by atoms with Crippen molar-refractivity contribution in [2.75, 3.05) is 0 Å². The average molecular weight is 154 g/mol. The summed E-state index contributed by atoms with van der Waals surface area (Å²) in [6.07, 6.45) is 1.71. The quantitative estimate of drug-likeness (QED) is 0.615. The Bertz CT molecular complexity index is 306. The van der Waals surface area contributed by atoms with Gasteiger partial charge in [-0.2, -0.15) is 0 Å². The van der Waals surface area contributed by atoms with Gasteiger partial charge in [0.1, 0.15) is 0 Å². The second-order valence-corrected chi connectivity index (χ2v) is 2.58. The molecule has 1 aromatic rings. The van der Waals surface area contributed by atoms with E-state index in [9.17, 15) is 0 Å². The van der Waals surface area contributed by atoms with Gasteiger partial charge in [0.15, 0.2) is 4.77 Å². The lowest BCUT2D eigenvalue weighted by Gasteiger charge is -1.93. The number of nitrogens with zero attached hydrogens (tertiary/aromatic N) is 1. The first-order valence-corrected chi connectivity index (χ1v) is 3.48. The average Bonchev–Trinajstić information content (AvgIpc) is 2.09. The lowest BCUT2D eigenvalue weighted by molar-refractivity contribution is 1.05. The molecule has 1 rings (SSSR count). The first-order chi connectivity index (χ1) is 4.66. The van der Waals surface area contributed by atoms with Crippen LogP contribution in [0.2, 0.25) is 0 Å². The van der Waals surface area contributed by atoms with Crippen LogP contribution in [0.5, 0.6) is 0 Å². The minimum Gasteiger partial charge on any atom is -0.334 e. The van der Waals surface area contributed by atoms with Crippen molar-refractivity contribution < 1.29 is 0 Å². The number of hydrogen-bond donors (Lipinski definition) is 1. The van der Waals surface area contributed by atoms with Gasteiger partial charge in [-0.3, -0.25) is 4.57 Å². The zero-order valence-electron chi connectivity index (χ0n) is 6.14. The van der Waals surface area contributed by atoms with Crippen LogP contribution in [0.1, 0.15) is 11.4 Å². The van der Waals surface area contributed by atoms with E-state index in [1.165, 1.54) is 0 Å². The number of nitrogens with one attached hydrogen (secondary N) is 1. The van der Waals surface area contributed by atoms with Crippen molar-refractivity contribution in [2.24, 2.45) is 0 Å². The van der Waals surface area contributed by atoms with Crippen molar-refractivity contribution in [1.82, 2.24) is 9.55 Å². The number of aryl methyl sites for hydroxylation is 1. The number of aromatic amines is 1. The highest BCUT2D eigenvalue weighted by Crippen LogP contribution is 2.05. The van der Waals surface area contributed by atoms with Crippen LogP contribution in [-0.4, -0.2) is 9.55 Å². The molecule has 0 atom stereocenters. The Balaban J connectivity index is 3.48. The number of rotatable bonds is 1. The fourth-order valence-electron chi connectivity index (χ4n) is 0.864. The molecule has 3 heteroatoms. The maximum Gasteiger partial charge on any atom is 0.181 e. The maximum absolute atomic E-state index is 5.00. The van der Waals surface area contributed by atoms with Gasteiger partial charge in [0, 0.05) is 17.6 Å². The monoisotopic (exact) mass is 154 g/mol. The highest BCUT2D eigenvalue weighted by molar-refractivity contribution is 7.71. The van der Waals surface area contributed by atoms with E-state index in [2.05, 4.69) is 11.6 Å². The van der Waals surface area contributed by atoms with Crippen LogP contribution in [0, 0.1) is 18.6 Å². The standard InChI is InChI=1S/C7H10N2S/c1-4-9-6(3)5(2)8-7(9)10/h4H,1H2,2-3H3,(H,8,10). The van der Waals surface area contributed by atoms with Gasteiger partial charge >= 0.3 is 0 Å². The van der Waals surface area contributed by atoms with Crippen LogP contribution in [-0.2, 0) is 0 Å².